The van der Waals surface area contributed by atoms with Gasteiger partial charge in [0.25, 0.3) is 5.91 Å². The molecule has 44 heavy (non-hydrogen) atoms. The van der Waals surface area contributed by atoms with Gasteiger partial charge in [0, 0.05) is 19.2 Å². The van der Waals surface area contributed by atoms with Gasteiger partial charge >= 0.3 is 11.9 Å². The number of hydrogen-bond acceptors (Lipinski definition) is 10. The van der Waals surface area contributed by atoms with Crippen molar-refractivity contribution in [2.24, 2.45) is 0 Å². The molecular weight excluding hydrogens is 568 g/mol. The first-order valence-electron chi connectivity index (χ1n) is 14.5. The van der Waals surface area contributed by atoms with Crippen molar-refractivity contribution < 1.29 is 42.8 Å². The number of carbonyl (C=O) groups is 3. The summed E-state index contributed by atoms with van der Waals surface area (Å²) >= 11 is 0. The van der Waals surface area contributed by atoms with Crippen molar-refractivity contribution in [1.82, 2.24) is 10.3 Å². The van der Waals surface area contributed by atoms with Gasteiger partial charge in [-0.05, 0) is 37.3 Å². The maximum atomic E-state index is 13.4. The molecule has 234 valence electrons. The van der Waals surface area contributed by atoms with E-state index in [9.17, 15) is 14.4 Å². The van der Waals surface area contributed by atoms with Gasteiger partial charge in [-0.1, -0.05) is 60.7 Å². The SMILES string of the molecule is COc1ccnc(C(=O)NC2CCCC(OCc3ccccc3)C(OCc3ccccc3)C(C)OC2=O)c1OCOC(C)=O. The van der Waals surface area contributed by atoms with E-state index in [2.05, 4.69) is 10.3 Å². The Morgan fingerprint density at radius 3 is 2.25 bits per heavy atom. The largest absolute Gasteiger partial charge is 0.493 e. The van der Waals surface area contributed by atoms with E-state index in [4.69, 9.17) is 28.4 Å². The first-order valence-corrected chi connectivity index (χ1v) is 14.5. The van der Waals surface area contributed by atoms with Crippen LogP contribution in [0, 0.1) is 0 Å². The van der Waals surface area contributed by atoms with E-state index in [1.165, 1.54) is 26.3 Å². The van der Waals surface area contributed by atoms with E-state index >= 15 is 0 Å². The lowest BCUT2D eigenvalue weighted by atomic mass is 10.0. The minimum Gasteiger partial charge on any atom is -0.493 e. The summed E-state index contributed by atoms with van der Waals surface area (Å²) in [6.45, 7) is 3.23. The van der Waals surface area contributed by atoms with Crippen LogP contribution in [0.4, 0.5) is 0 Å². The topological polar surface area (TPSA) is 132 Å². The second kappa shape index (κ2) is 16.4. The summed E-state index contributed by atoms with van der Waals surface area (Å²) in [5.74, 6) is -1.65. The molecule has 4 unspecified atom stereocenters. The predicted molar refractivity (Wildman–Crippen MR) is 159 cm³/mol. The Bertz CT molecular complexity index is 1370. The third-order valence-electron chi connectivity index (χ3n) is 7.06. The Kier molecular flexibility index (Phi) is 12.1. The number of carbonyl (C=O) groups excluding carboxylic acids is 3. The zero-order chi connectivity index (χ0) is 31.3. The Morgan fingerprint density at radius 2 is 1.61 bits per heavy atom. The zero-order valence-electron chi connectivity index (χ0n) is 25.1. The van der Waals surface area contributed by atoms with Crippen LogP contribution in [-0.2, 0) is 41.8 Å². The Hall–Kier alpha value is -4.48. The van der Waals surface area contributed by atoms with Crippen molar-refractivity contribution in [3.63, 3.8) is 0 Å². The Balaban J connectivity index is 1.50. The van der Waals surface area contributed by atoms with Crippen molar-refractivity contribution in [2.45, 2.75) is 70.7 Å². The second-order valence-electron chi connectivity index (χ2n) is 10.3. The fraction of sp³-hybridized carbons (Fsp3) is 0.394. The summed E-state index contributed by atoms with van der Waals surface area (Å²) in [5, 5.41) is 2.74. The van der Waals surface area contributed by atoms with E-state index in [1.807, 2.05) is 60.7 Å². The van der Waals surface area contributed by atoms with E-state index in [0.717, 1.165) is 11.1 Å². The number of esters is 2. The molecule has 1 saturated heterocycles. The molecule has 0 spiro atoms. The zero-order valence-corrected chi connectivity index (χ0v) is 25.1. The van der Waals surface area contributed by atoms with E-state index in [0.29, 0.717) is 32.5 Å². The molecule has 1 aliphatic rings. The molecule has 11 heteroatoms. The third-order valence-corrected chi connectivity index (χ3v) is 7.06. The maximum Gasteiger partial charge on any atom is 0.329 e. The molecule has 2 heterocycles. The highest BCUT2D eigenvalue weighted by atomic mass is 16.7. The minimum atomic E-state index is -0.970. The summed E-state index contributed by atoms with van der Waals surface area (Å²) in [6.07, 6.45) is 1.16. The van der Waals surface area contributed by atoms with Crippen molar-refractivity contribution in [3.05, 3.63) is 89.7 Å². The van der Waals surface area contributed by atoms with Crippen LogP contribution >= 0.6 is 0 Å². The number of methoxy groups -OCH3 is 1. The molecule has 0 radical (unpaired) electrons. The summed E-state index contributed by atoms with van der Waals surface area (Å²) in [7, 11) is 1.40. The molecule has 3 aromatic rings. The summed E-state index contributed by atoms with van der Waals surface area (Å²) in [4.78, 5) is 42.1. The monoisotopic (exact) mass is 606 g/mol. The molecule has 0 saturated carbocycles. The van der Waals surface area contributed by atoms with Crippen LogP contribution in [0.25, 0.3) is 0 Å². The molecule has 11 nitrogen and oxygen atoms in total. The van der Waals surface area contributed by atoms with E-state index < -0.39 is 42.9 Å². The van der Waals surface area contributed by atoms with Gasteiger partial charge in [0.05, 0.1) is 26.4 Å². The van der Waals surface area contributed by atoms with Crippen molar-refractivity contribution >= 4 is 17.8 Å². The number of hydrogen-bond donors (Lipinski definition) is 1. The minimum absolute atomic E-state index is 0.0256. The van der Waals surface area contributed by atoms with Gasteiger partial charge in [0.15, 0.2) is 17.2 Å². The van der Waals surface area contributed by atoms with Gasteiger partial charge in [-0.3, -0.25) is 9.59 Å². The van der Waals surface area contributed by atoms with Crippen molar-refractivity contribution in [1.29, 1.82) is 0 Å². The highest BCUT2D eigenvalue weighted by Gasteiger charge is 2.36. The van der Waals surface area contributed by atoms with Gasteiger partial charge in [0.2, 0.25) is 6.79 Å². The number of amides is 1. The number of nitrogens with zero attached hydrogens (tertiary/aromatic N) is 1. The highest BCUT2D eigenvalue weighted by Crippen LogP contribution is 2.30. The molecule has 4 rings (SSSR count). The lowest BCUT2D eigenvalue weighted by molar-refractivity contribution is -0.170. The summed E-state index contributed by atoms with van der Waals surface area (Å²) in [6, 6.07) is 20.1. The molecular formula is C33H38N2O9. The quantitative estimate of drug-likeness (QED) is 0.234. The molecule has 0 bridgehead atoms. The van der Waals surface area contributed by atoms with E-state index in [-0.39, 0.29) is 23.3 Å². The highest BCUT2D eigenvalue weighted by molar-refractivity contribution is 5.98. The lowest BCUT2D eigenvalue weighted by Crippen LogP contribution is -2.45. The smallest absolute Gasteiger partial charge is 0.329 e. The van der Waals surface area contributed by atoms with Crippen LogP contribution in [-0.4, -0.2) is 61.1 Å². The molecule has 2 aromatic carbocycles. The Labute approximate surface area is 256 Å². The Morgan fingerprint density at radius 1 is 0.955 bits per heavy atom. The average Bonchev–Trinajstić information content (AvgIpc) is 3.08. The molecule has 0 aliphatic carbocycles. The van der Waals surface area contributed by atoms with Crippen LogP contribution in [0.3, 0.4) is 0 Å². The normalized spacial score (nSPS) is 20.3. The maximum absolute atomic E-state index is 13.4. The third kappa shape index (κ3) is 9.26. The lowest BCUT2D eigenvalue weighted by Gasteiger charge is -2.31. The first-order chi connectivity index (χ1) is 21.4. The number of ether oxygens (including phenoxy) is 6. The average molecular weight is 607 g/mol. The standard InChI is InChI=1S/C33H38N2O9/c1-22-30(41-20-25-13-8-5-9-14-25)28(40-19-24-11-6-4-7-12-24)16-10-15-26(33(38)44-22)35-32(37)29-31(43-21-42-23(2)36)27(39-3)17-18-34-29/h4-9,11-14,17-18,22,26,28,30H,10,15-16,19-21H2,1-3H3,(H,35,37). The van der Waals surface area contributed by atoms with Crippen LogP contribution in [0.1, 0.15) is 54.7 Å². The van der Waals surface area contributed by atoms with Crippen LogP contribution in [0.5, 0.6) is 11.5 Å². The number of aromatic nitrogens is 1. The molecule has 1 aromatic heterocycles. The van der Waals surface area contributed by atoms with Gasteiger partial charge in [-0.25, -0.2) is 9.78 Å². The number of pyridine rings is 1. The van der Waals surface area contributed by atoms with E-state index in [1.54, 1.807) is 6.92 Å². The fourth-order valence-electron chi connectivity index (χ4n) is 4.83. The van der Waals surface area contributed by atoms with Gasteiger partial charge in [-0.15, -0.1) is 0 Å². The number of benzene rings is 2. The van der Waals surface area contributed by atoms with Crippen LogP contribution in [0.2, 0.25) is 0 Å². The first kappa shape index (κ1) is 32.4. The molecule has 1 N–H and O–H groups in total. The fourth-order valence-corrected chi connectivity index (χ4v) is 4.83. The second-order valence-corrected chi connectivity index (χ2v) is 10.3. The van der Waals surface area contributed by atoms with Gasteiger partial charge in [-0.2, -0.15) is 0 Å². The van der Waals surface area contributed by atoms with Gasteiger partial charge in [0.1, 0.15) is 18.2 Å². The number of rotatable bonds is 12. The molecule has 4 atom stereocenters. The van der Waals surface area contributed by atoms with Crippen LogP contribution < -0.4 is 14.8 Å². The van der Waals surface area contributed by atoms with Gasteiger partial charge < -0.3 is 33.7 Å². The number of nitrogens with one attached hydrogen (secondary N) is 1. The van der Waals surface area contributed by atoms with Crippen molar-refractivity contribution in [2.75, 3.05) is 13.9 Å². The number of cyclic esters (lactones) is 1. The van der Waals surface area contributed by atoms with Crippen LogP contribution in [0.15, 0.2) is 72.9 Å². The predicted octanol–water partition coefficient (Wildman–Crippen LogP) is 4.37. The summed E-state index contributed by atoms with van der Waals surface area (Å²) < 4.78 is 34.2. The van der Waals surface area contributed by atoms with Crippen molar-refractivity contribution in [3.8, 4) is 11.5 Å². The summed E-state index contributed by atoms with van der Waals surface area (Å²) in [5.41, 5.74) is 1.86. The molecule has 1 aliphatic heterocycles. The molecule has 1 fully saturated rings. The molecule has 1 amide bonds.